The number of para-hydroxylation sites is 1. The van der Waals surface area contributed by atoms with Crippen LogP contribution in [0, 0.1) is 11.2 Å². The normalized spacial score (nSPS) is 18.2. The monoisotopic (exact) mass is 564 g/mol. The highest BCUT2D eigenvalue weighted by atomic mass is 35.5. The van der Waals surface area contributed by atoms with Gasteiger partial charge in [-0.05, 0) is 73.4 Å². The van der Waals surface area contributed by atoms with Crippen molar-refractivity contribution in [1.29, 1.82) is 0 Å². The highest BCUT2D eigenvalue weighted by molar-refractivity contribution is 6.30. The summed E-state index contributed by atoms with van der Waals surface area (Å²) >= 11 is 6.05. The second-order valence-corrected chi connectivity index (χ2v) is 11.5. The SMILES string of the molecule is O=C(COc1cccc(Cl)c1)N1CCC2(CCCCc3ccccc3OCCN(Cc3ccccc3F)C2)CC1. The van der Waals surface area contributed by atoms with Crippen molar-refractivity contribution in [2.45, 2.75) is 45.1 Å². The third-order valence-corrected chi connectivity index (χ3v) is 8.52. The molecule has 3 aromatic rings. The van der Waals surface area contributed by atoms with Crippen molar-refractivity contribution in [3.63, 3.8) is 0 Å². The smallest absolute Gasteiger partial charge is 0.260 e. The summed E-state index contributed by atoms with van der Waals surface area (Å²) in [5.41, 5.74) is 2.02. The van der Waals surface area contributed by atoms with E-state index in [4.69, 9.17) is 21.1 Å². The fourth-order valence-corrected chi connectivity index (χ4v) is 6.20. The Morgan fingerprint density at radius 2 is 1.75 bits per heavy atom. The number of fused-ring (bicyclic) bond motifs is 1. The molecule has 0 saturated carbocycles. The van der Waals surface area contributed by atoms with Crippen molar-refractivity contribution in [3.8, 4) is 11.5 Å². The molecule has 5 nitrogen and oxygen atoms in total. The first-order chi connectivity index (χ1) is 19.5. The fourth-order valence-electron chi connectivity index (χ4n) is 6.02. The number of hydrogen-bond acceptors (Lipinski definition) is 4. The van der Waals surface area contributed by atoms with Crippen molar-refractivity contribution >= 4 is 17.5 Å². The van der Waals surface area contributed by atoms with Gasteiger partial charge in [0, 0.05) is 43.3 Å². The molecular weight excluding hydrogens is 527 g/mol. The van der Waals surface area contributed by atoms with E-state index in [0.717, 1.165) is 50.8 Å². The Morgan fingerprint density at radius 1 is 0.950 bits per heavy atom. The van der Waals surface area contributed by atoms with Gasteiger partial charge < -0.3 is 14.4 Å². The standard InChI is InChI=1S/C33H38ClFN2O3/c34-28-11-7-12-29(22-28)40-24-32(38)37-18-16-33(17-19-37)15-6-5-9-26-8-2-4-14-31(26)39-21-20-36(25-33)23-27-10-1-3-13-30(27)35/h1-4,7-8,10-14,22H,5-6,9,15-21,23-25H2. The molecule has 7 heteroatoms. The Hall–Kier alpha value is -3.09. The van der Waals surface area contributed by atoms with Crippen LogP contribution in [0.2, 0.25) is 5.02 Å². The van der Waals surface area contributed by atoms with Crippen LogP contribution in [0.1, 0.15) is 43.2 Å². The fraction of sp³-hybridized carbons (Fsp3) is 0.424. The average Bonchev–Trinajstić information content (AvgIpc) is 2.96. The van der Waals surface area contributed by atoms with Crippen LogP contribution in [0.25, 0.3) is 0 Å². The molecule has 1 amide bonds. The maximum Gasteiger partial charge on any atom is 0.260 e. The summed E-state index contributed by atoms with van der Waals surface area (Å²) in [7, 11) is 0. The molecule has 1 spiro atoms. The molecule has 0 radical (unpaired) electrons. The van der Waals surface area contributed by atoms with Crippen LogP contribution in [-0.4, -0.2) is 55.1 Å². The van der Waals surface area contributed by atoms with Crippen LogP contribution in [0.4, 0.5) is 4.39 Å². The maximum absolute atomic E-state index is 14.7. The molecule has 0 N–H and O–H groups in total. The Kier molecular flexibility index (Phi) is 9.61. The summed E-state index contributed by atoms with van der Waals surface area (Å²) in [5, 5.41) is 0.584. The molecule has 0 bridgehead atoms. The van der Waals surface area contributed by atoms with Crippen LogP contribution < -0.4 is 9.47 Å². The second-order valence-electron chi connectivity index (χ2n) is 11.1. The second kappa shape index (κ2) is 13.5. The third kappa shape index (κ3) is 7.55. The molecule has 212 valence electrons. The molecule has 0 atom stereocenters. The first-order valence-corrected chi connectivity index (χ1v) is 14.7. The summed E-state index contributed by atoms with van der Waals surface area (Å²) in [4.78, 5) is 17.3. The zero-order valence-corrected chi connectivity index (χ0v) is 23.8. The number of amides is 1. The van der Waals surface area contributed by atoms with Crippen LogP contribution in [-0.2, 0) is 17.8 Å². The highest BCUT2D eigenvalue weighted by Gasteiger charge is 2.37. The zero-order valence-electron chi connectivity index (χ0n) is 23.0. The first-order valence-electron chi connectivity index (χ1n) is 14.3. The lowest BCUT2D eigenvalue weighted by molar-refractivity contribution is -0.136. The molecule has 0 aliphatic carbocycles. The maximum atomic E-state index is 14.7. The van der Waals surface area contributed by atoms with Crippen molar-refractivity contribution in [2.75, 3.05) is 39.4 Å². The van der Waals surface area contributed by atoms with E-state index >= 15 is 0 Å². The number of benzene rings is 3. The third-order valence-electron chi connectivity index (χ3n) is 8.29. The van der Waals surface area contributed by atoms with Gasteiger partial charge in [-0.1, -0.05) is 60.5 Å². The van der Waals surface area contributed by atoms with Gasteiger partial charge in [-0.2, -0.15) is 0 Å². The van der Waals surface area contributed by atoms with Crippen molar-refractivity contribution in [1.82, 2.24) is 9.80 Å². The van der Waals surface area contributed by atoms with Gasteiger partial charge in [0.1, 0.15) is 23.9 Å². The summed E-state index contributed by atoms with van der Waals surface area (Å²) in [6.45, 7) is 4.05. The minimum atomic E-state index is -0.172. The Morgan fingerprint density at radius 3 is 2.58 bits per heavy atom. The Bertz CT molecular complexity index is 1280. The Balaban J connectivity index is 1.27. The molecule has 2 aliphatic rings. The van der Waals surface area contributed by atoms with Crippen LogP contribution in [0.5, 0.6) is 11.5 Å². The molecule has 5 rings (SSSR count). The highest BCUT2D eigenvalue weighted by Crippen LogP contribution is 2.39. The summed E-state index contributed by atoms with van der Waals surface area (Å²) in [6, 6.07) is 22.5. The van der Waals surface area contributed by atoms with Gasteiger partial charge in [-0.3, -0.25) is 9.69 Å². The van der Waals surface area contributed by atoms with E-state index in [1.165, 1.54) is 11.6 Å². The van der Waals surface area contributed by atoms with Gasteiger partial charge in [0.05, 0.1) is 0 Å². The molecule has 2 heterocycles. The topological polar surface area (TPSA) is 42.0 Å². The van der Waals surface area contributed by atoms with E-state index in [2.05, 4.69) is 17.0 Å². The van der Waals surface area contributed by atoms with E-state index in [-0.39, 0.29) is 23.7 Å². The number of carbonyl (C=O) groups excluding carboxylic acids is 1. The first kappa shape index (κ1) is 28.4. The summed E-state index contributed by atoms with van der Waals surface area (Å²) < 4.78 is 26.6. The van der Waals surface area contributed by atoms with E-state index in [9.17, 15) is 9.18 Å². The van der Waals surface area contributed by atoms with Crippen molar-refractivity contribution in [3.05, 3.63) is 94.8 Å². The Labute approximate surface area is 241 Å². The number of likely N-dealkylation sites (tertiary alicyclic amines) is 1. The molecule has 1 saturated heterocycles. The van der Waals surface area contributed by atoms with Crippen molar-refractivity contribution < 1.29 is 18.7 Å². The molecule has 2 aliphatic heterocycles. The van der Waals surface area contributed by atoms with Gasteiger partial charge in [0.2, 0.25) is 0 Å². The average molecular weight is 565 g/mol. The summed E-state index contributed by atoms with van der Waals surface area (Å²) in [6.07, 6.45) is 6.11. The van der Waals surface area contributed by atoms with E-state index in [1.807, 2.05) is 41.3 Å². The number of piperidine rings is 1. The lowest BCUT2D eigenvalue weighted by Gasteiger charge is -2.45. The van der Waals surface area contributed by atoms with Crippen molar-refractivity contribution in [2.24, 2.45) is 5.41 Å². The molecule has 1 fully saturated rings. The minimum absolute atomic E-state index is 0.00347. The van der Waals surface area contributed by atoms with Gasteiger partial charge in [-0.25, -0.2) is 4.39 Å². The number of aryl methyl sites for hydroxylation is 1. The van der Waals surface area contributed by atoms with Gasteiger partial charge >= 0.3 is 0 Å². The predicted octanol–water partition coefficient (Wildman–Crippen LogP) is 6.77. The predicted molar refractivity (Wildman–Crippen MR) is 156 cm³/mol. The quantitative estimate of drug-likeness (QED) is 0.343. The van der Waals surface area contributed by atoms with Gasteiger partial charge in [-0.15, -0.1) is 0 Å². The van der Waals surface area contributed by atoms with E-state index in [0.29, 0.717) is 49.1 Å². The molecule has 3 aromatic carbocycles. The molecule has 0 unspecified atom stereocenters. The number of carbonyl (C=O) groups is 1. The molecule has 0 aromatic heterocycles. The lowest BCUT2D eigenvalue weighted by atomic mass is 9.73. The van der Waals surface area contributed by atoms with Gasteiger partial charge in [0.15, 0.2) is 6.61 Å². The van der Waals surface area contributed by atoms with E-state index < -0.39 is 0 Å². The number of halogens is 2. The summed E-state index contributed by atoms with van der Waals surface area (Å²) in [5.74, 6) is 1.38. The molecular formula is C33H38ClFN2O3. The van der Waals surface area contributed by atoms with Gasteiger partial charge in [0.25, 0.3) is 5.91 Å². The molecule has 40 heavy (non-hydrogen) atoms. The number of hydrogen-bond donors (Lipinski definition) is 0. The van der Waals surface area contributed by atoms with Crippen LogP contribution in [0.3, 0.4) is 0 Å². The number of ether oxygens (including phenoxy) is 2. The zero-order chi connectivity index (χ0) is 27.8. The lowest BCUT2D eigenvalue weighted by Crippen LogP contribution is -2.49. The number of rotatable bonds is 5. The van der Waals surface area contributed by atoms with E-state index in [1.54, 1.807) is 18.2 Å². The van der Waals surface area contributed by atoms with Crippen LogP contribution >= 0.6 is 11.6 Å². The number of nitrogens with zero attached hydrogens (tertiary/aromatic N) is 2. The minimum Gasteiger partial charge on any atom is -0.492 e. The van der Waals surface area contributed by atoms with Crippen LogP contribution in [0.15, 0.2) is 72.8 Å². The largest absolute Gasteiger partial charge is 0.492 e.